The van der Waals surface area contributed by atoms with E-state index in [1.54, 1.807) is 0 Å². The average Bonchev–Trinajstić information content (AvgIpc) is 2.01. The van der Waals surface area contributed by atoms with Gasteiger partial charge in [-0.05, 0) is 37.8 Å². The number of hydrogen-bond acceptors (Lipinski definition) is 2. The molecule has 1 aliphatic rings. The summed E-state index contributed by atoms with van der Waals surface area (Å²) in [6.07, 6.45) is 2.20. The molecule has 14 heavy (non-hydrogen) atoms. The first-order valence-electron chi connectivity index (χ1n) is 5.56. The minimum atomic E-state index is 0.204. The number of nitrogens with zero attached hydrogens (tertiary/aromatic N) is 2. The molecule has 2 heteroatoms. The molecule has 1 aliphatic heterocycles. The van der Waals surface area contributed by atoms with Gasteiger partial charge in [-0.25, -0.2) is 0 Å². The van der Waals surface area contributed by atoms with Crippen molar-refractivity contribution in [2.45, 2.75) is 33.6 Å². The summed E-state index contributed by atoms with van der Waals surface area (Å²) >= 11 is 0. The van der Waals surface area contributed by atoms with Crippen molar-refractivity contribution >= 4 is 0 Å². The van der Waals surface area contributed by atoms with E-state index in [-0.39, 0.29) is 11.3 Å². The summed E-state index contributed by atoms with van der Waals surface area (Å²) in [4.78, 5) is 2.36. The Morgan fingerprint density at radius 1 is 1.57 bits per heavy atom. The number of nitriles is 1. The minimum Gasteiger partial charge on any atom is -0.306 e. The lowest BCUT2D eigenvalue weighted by molar-refractivity contribution is 0.0653. The molecule has 0 aromatic carbocycles. The molecule has 1 rings (SSSR count). The first-order valence-corrected chi connectivity index (χ1v) is 5.56. The summed E-state index contributed by atoms with van der Waals surface area (Å²) in [6.45, 7) is 8.91. The fraction of sp³-hybridized carbons (Fsp3) is 0.917. The van der Waals surface area contributed by atoms with E-state index in [2.05, 4.69) is 38.8 Å². The molecule has 0 amide bonds. The molecule has 0 bridgehead atoms. The molecule has 1 fully saturated rings. The van der Waals surface area contributed by atoms with Gasteiger partial charge < -0.3 is 4.90 Å². The summed E-state index contributed by atoms with van der Waals surface area (Å²) in [5, 5.41) is 9.16. The van der Waals surface area contributed by atoms with Crippen molar-refractivity contribution in [3.8, 4) is 6.07 Å². The van der Waals surface area contributed by atoms with Crippen LogP contribution in [0.1, 0.15) is 33.6 Å². The molecule has 0 aromatic heterocycles. The predicted octanol–water partition coefficient (Wildman–Crippen LogP) is 2.51. The molecule has 1 saturated heterocycles. The van der Waals surface area contributed by atoms with Crippen LogP contribution in [0.2, 0.25) is 0 Å². The van der Waals surface area contributed by atoms with Gasteiger partial charge in [-0.3, -0.25) is 0 Å². The number of likely N-dealkylation sites (tertiary alicyclic amines) is 1. The standard InChI is InChI=1S/C12H22N2/c1-10(2)7-12(3)9-14(4)6-5-11(12)8-13/h10-11H,5-7,9H2,1-4H3/t11?,12-/m1/s1. The first-order chi connectivity index (χ1) is 6.48. The highest BCUT2D eigenvalue weighted by Gasteiger charge is 2.38. The van der Waals surface area contributed by atoms with Gasteiger partial charge in [0, 0.05) is 6.54 Å². The van der Waals surface area contributed by atoms with Crippen LogP contribution in [0.3, 0.4) is 0 Å². The van der Waals surface area contributed by atoms with Crippen molar-refractivity contribution in [2.75, 3.05) is 20.1 Å². The smallest absolute Gasteiger partial charge is 0.0662 e. The SMILES string of the molecule is CC(C)C[C@]1(C)CN(C)CCC1C#N. The Morgan fingerprint density at radius 2 is 2.21 bits per heavy atom. The molecule has 80 valence electrons. The zero-order valence-corrected chi connectivity index (χ0v) is 9.88. The van der Waals surface area contributed by atoms with E-state index in [1.165, 1.54) is 0 Å². The van der Waals surface area contributed by atoms with Crippen molar-refractivity contribution in [3.05, 3.63) is 0 Å². The molecular weight excluding hydrogens is 172 g/mol. The highest BCUT2D eigenvalue weighted by molar-refractivity contribution is 5.00. The van der Waals surface area contributed by atoms with Crippen molar-refractivity contribution in [3.63, 3.8) is 0 Å². The molecule has 0 spiro atoms. The third-order valence-corrected chi connectivity index (χ3v) is 3.30. The van der Waals surface area contributed by atoms with Gasteiger partial charge in [0.1, 0.15) is 0 Å². The summed E-state index contributed by atoms with van der Waals surface area (Å²) in [7, 11) is 2.16. The van der Waals surface area contributed by atoms with Crippen LogP contribution in [-0.2, 0) is 0 Å². The fourth-order valence-corrected chi connectivity index (χ4v) is 2.86. The predicted molar refractivity (Wildman–Crippen MR) is 58.8 cm³/mol. The van der Waals surface area contributed by atoms with Crippen LogP contribution in [0.5, 0.6) is 0 Å². The summed E-state index contributed by atoms with van der Waals surface area (Å²) < 4.78 is 0. The Hall–Kier alpha value is -0.550. The largest absolute Gasteiger partial charge is 0.306 e. The number of hydrogen-bond donors (Lipinski definition) is 0. The van der Waals surface area contributed by atoms with Crippen molar-refractivity contribution in [1.82, 2.24) is 4.90 Å². The van der Waals surface area contributed by atoms with Crippen molar-refractivity contribution in [1.29, 1.82) is 5.26 Å². The third kappa shape index (κ3) is 2.48. The second kappa shape index (κ2) is 4.31. The second-order valence-electron chi connectivity index (χ2n) is 5.46. The van der Waals surface area contributed by atoms with E-state index >= 15 is 0 Å². The van der Waals surface area contributed by atoms with Crippen LogP contribution in [0.25, 0.3) is 0 Å². The maximum atomic E-state index is 9.16. The maximum Gasteiger partial charge on any atom is 0.0662 e. The van der Waals surface area contributed by atoms with Crippen LogP contribution in [0.4, 0.5) is 0 Å². The molecule has 0 aromatic rings. The molecule has 0 N–H and O–H groups in total. The minimum absolute atomic E-state index is 0.204. The summed E-state index contributed by atoms with van der Waals surface area (Å²) in [5.41, 5.74) is 0.204. The van der Waals surface area contributed by atoms with Gasteiger partial charge in [0.2, 0.25) is 0 Å². The highest BCUT2D eigenvalue weighted by Crippen LogP contribution is 2.39. The average molecular weight is 194 g/mol. The molecule has 0 aliphatic carbocycles. The second-order valence-corrected chi connectivity index (χ2v) is 5.46. The number of rotatable bonds is 2. The third-order valence-electron chi connectivity index (χ3n) is 3.30. The Kier molecular flexibility index (Phi) is 3.55. The quantitative estimate of drug-likeness (QED) is 0.675. The molecule has 0 radical (unpaired) electrons. The molecule has 1 unspecified atom stereocenters. The lowest BCUT2D eigenvalue weighted by Gasteiger charge is -2.43. The van der Waals surface area contributed by atoms with Gasteiger partial charge in [-0.1, -0.05) is 20.8 Å². The highest BCUT2D eigenvalue weighted by atomic mass is 15.1. The Labute approximate surface area is 87.9 Å². The zero-order chi connectivity index (χ0) is 10.8. The monoisotopic (exact) mass is 194 g/mol. The zero-order valence-electron chi connectivity index (χ0n) is 9.88. The molecule has 1 heterocycles. The lowest BCUT2D eigenvalue weighted by Crippen LogP contribution is -2.45. The van der Waals surface area contributed by atoms with E-state index in [9.17, 15) is 0 Å². The Bertz CT molecular complexity index is 225. The lowest BCUT2D eigenvalue weighted by atomic mass is 9.69. The van der Waals surface area contributed by atoms with Crippen LogP contribution < -0.4 is 0 Å². The first kappa shape index (κ1) is 11.5. The van der Waals surface area contributed by atoms with Crippen LogP contribution in [0.15, 0.2) is 0 Å². The van der Waals surface area contributed by atoms with Crippen molar-refractivity contribution in [2.24, 2.45) is 17.3 Å². The van der Waals surface area contributed by atoms with Gasteiger partial charge in [0.05, 0.1) is 12.0 Å². The van der Waals surface area contributed by atoms with Gasteiger partial charge in [-0.2, -0.15) is 5.26 Å². The van der Waals surface area contributed by atoms with Gasteiger partial charge >= 0.3 is 0 Å². The normalized spacial score (nSPS) is 34.4. The van der Waals surface area contributed by atoms with Gasteiger partial charge in [0.15, 0.2) is 0 Å². The van der Waals surface area contributed by atoms with E-state index in [1.807, 2.05) is 0 Å². The van der Waals surface area contributed by atoms with E-state index in [0.29, 0.717) is 5.92 Å². The summed E-state index contributed by atoms with van der Waals surface area (Å²) in [5.74, 6) is 0.934. The molecule has 2 nitrogen and oxygen atoms in total. The van der Waals surface area contributed by atoms with E-state index in [0.717, 1.165) is 25.9 Å². The molecular formula is C12H22N2. The fourth-order valence-electron chi connectivity index (χ4n) is 2.86. The Balaban J connectivity index is 2.73. The molecule has 2 atom stereocenters. The van der Waals surface area contributed by atoms with Crippen LogP contribution in [0, 0.1) is 28.6 Å². The van der Waals surface area contributed by atoms with Gasteiger partial charge in [0.25, 0.3) is 0 Å². The van der Waals surface area contributed by atoms with Gasteiger partial charge in [-0.15, -0.1) is 0 Å². The van der Waals surface area contributed by atoms with E-state index in [4.69, 9.17) is 5.26 Å². The van der Waals surface area contributed by atoms with Crippen LogP contribution in [-0.4, -0.2) is 25.0 Å². The Morgan fingerprint density at radius 3 is 2.71 bits per heavy atom. The van der Waals surface area contributed by atoms with Crippen LogP contribution >= 0.6 is 0 Å². The summed E-state index contributed by atoms with van der Waals surface area (Å²) in [6, 6.07) is 2.49. The molecule has 0 saturated carbocycles. The topological polar surface area (TPSA) is 27.0 Å². The number of piperidine rings is 1. The maximum absolute atomic E-state index is 9.16. The van der Waals surface area contributed by atoms with E-state index < -0.39 is 0 Å². The van der Waals surface area contributed by atoms with Crippen molar-refractivity contribution < 1.29 is 0 Å².